The van der Waals surface area contributed by atoms with Crippen molar-refractivity contribution in [3.8, 4) is 34.4 Å². The number of benzene rings is 4. The molecule has 4 aromatic carbocycles. The van der Waals surface area contributed by atoms with Gasteiger partial charge in [0.15, 0.2) is 17.3 Å². The normalized spacial score (nSPS) is 11.1. The zero-order chi connectivity index (χ0) is 29.8. The van der Waals surface area contributed by atoms with E-state index in [0.717, 1.165) is 4.68 Å². The van der Waals surface area contributed by atoms with Gasteiger partial charge in [0.25, 0.3) is 5.56 Å². The van der Waals surface area contributed by atoms with Gasteiger partial charge in [-0.05, 0) is 54.6 Å². The van der Waals surface area contributed by atoms with Crippen LogP contribution in [0.4, 0.5) is 0 Å². The summed E-state index contributed by atoms with van der Waals surface area (Å²) in [4.78, 5) is 31.4. The Morgan fingerprint density at radius 2 is 1.55 bits per heavy atom. The Balaban J connectivity index is 1.56. The number of methoxy groups -OCH3 is 3. The maximum absolute atomic E-state index is 13.6. The Bertz CT molecular complexity index is 1880. The lowest BCUT2D eigenvalue weighted by atomic mass is 10.1. The molecular weight excluding hydrogens is 581 g/mol. The van der Waals surface area contributed by atoms with E-state index in [0.29, 0.717) is 49.3 Å². The number of fused-ring (bicyclic) bond motifs is 1. The van der Waals surface area contributed by atoms with Crippen LogP contribution in [-0.2, 0) is 0 Å². The quantitative estimate of drug-likeness (QED) is 0.113. The summed E-state index contributed by atoms with van der Waals surface area (Å²) in [6.07, 6.45) is 1.41. The highest BCUT2D eigenvalue weighted by Crippen LogP contribution is 2.38. The van der Waals surface area contributed by atoms with Crippen molar-refractivity contribution in [2.45, 2.75) is 0 Å². The third kappa shape index (κ3) is 5.65. The Labute approximate surface area is 250 Å². The van der Waals surface area contributed by atoms with Crippen LogP contribution in [0.5, 0.6) is 23.0 Å². The molecule has 1 heterocycles. The SMILES string of the molecule is COc1cc(C(=O)Oc2ccccc2C=Nn2c(-c3ccc(Cl)cc3Cl)nc3ccccc3c2=O)cc(OC)c1OC. The number of nitrogens with zero attached hydrogens (tertiary/aromatic N) is 3. The van der Waals surface area contributed by atoms with Gasteiger partial charge < -0.3 is 18.9 Å². The van der Waals surface area contributed by atoms with Gasteiger partial charge in [0.1, 0.15) is 5.75 Å². The summed E-state index contributed by atoms with van der Waals surface area (Å²) in [6, 6.07) is 21.5. The minimum Gasteiger partial charge on any atom is -0.493 e. The van der Waals surface area contributed by atoms with E-state index < -0.39 is 11.5 Å². The van der Waals surface area contributed by atoms with E-state index >= 15 is 0 Å². The first-order chi connectivity index (χ1) is 20.3. The number of esters is 1. The van der Waals surface area contributed by atoms with Gasteiger partial charge in [-0.2, -0.15) is 9.78 Å². The predicted molar refractivity (Wildman–Crippen MR) is 162 cm³/mol. The molecule has 1 aromatic heterocycles. The molecule has 0 radical (unpaired) electrons. The van der Waals surface area contributed by atoms with Crippen molar-refractivity contribution in [2.24, 2.45) is 5.10 Å². The average molecular weight is 604 g/mol. The molecule has 11 heteroatoms. The van der Waals surface area contributed by atoms with E-state index in [-0.39, 0.29) is 17.1 Å². The van der Waals surface area contributed by atoms with Gasteiger partial charge in [-0.3, -0.25) is 4.79 Å². The third-order valence-electron chi connectivity index (χ3n) is 6.26. The summed E-state index contributed by atoms with van der Waals surface area (Å²) in [5.41, 5.74) is 1.12. The standard InChI is InChI=1S/C31H23Cl2N3O6/c1-39-26-14-19(15-27(40-2)28(26)41-3)31(38)42-25-11-7-4-8-18(25)17-34-36-29(21-13-12-20(32)16-23(21)33)35-24-10-6-5-9-22(24)30(36)37/h4-17H,1-3H3. The van der Waals surface area contributed by atoms with E-state index in [1.54, 1.807) is 66.7 Å². The molecule has 0 atom stereocenters. The number of carbonyl (C=O) groups excluding carboxylic acids is 1. The number of carbonyl (C=O) groups is 1. The molecule has 0 amide bonds. The number of hydrogen-bond acceptors (Lipinski definition) is 8. The zero-order valence-corrected chi connectivity index (χ0v) is 24.1. The van der Waals surface area contributed by atoms with Crippen LogP contribution in [0.1, 0.15) is 15.9 Å². The van der Waals surface area contributed by atoms with Gasteiger partial charge in [0, 0.05) is 16.1 Å². The molecule has 0 aliphatic carbocycles. The van der Waals surface area contributed by atoms with Crippen LogP contribution >= 0.6 is 23.2 Å². The molecule has 5 rings (SSSR count). The number of halogens is 2. The Hall–Kier alpha value is -4.86. The molecule has 0 aliphatic heterocycles. The second kappa shape index (κ2) is 12.3. The summed E-state index contributed by atoms with van der Waals surface area (Å²) in [6.45, 7) is 0. The van der Waals surface area contributed by atoms with Crippen LogP contribution in [0.25, 0.3) is 22.3 Å². The highest BCUT2D eigenvalue weighted by molar-refractivity contribution is 6.36. The van der Waals surface area contributed by atoms with E-state index in [1.807, 2.05) is 0 Å². The van der Waals surface area contributed by atoms with Gasteiger partial charge in [0.2, 0.25) is 5.75 Å². The number of ether oxygens (including phenoxy) is 4. The summed E-state index contributed by atoms with van der Waals surface area (Å²) in [5, 5.41) is 5.56. The minimum atomic E-state index is -0.673. The van der Waals surface area contributed by atoms with Crippen LogP contribution in [-0.4, -0.2) is 43.2 Å². The van der Waals surface area contributed by atoms with Crippen LogP contribution < -0.4 is 24.5 Å². The van der Waals surface area contributed by atoms with Crippen molar-refractivity contribution >= 4 is 46.3 Å². The number of rotatable bonds is 8. The predicted octanol–water partition coefficient (Wildman–Crippen LogP) is 6.50. The van der Waals surface area contributed by atoms with E-state index in [9.17, 15) is 9.59 Å². The third-order valence-corrected chi connectivity index (χ3v) is 6.81. The molecule has 0 saturated carbocycles. The molecule has 0 unspecified atom stereocenters. The molecule has 5 aromatic rings. The summed E-state index contributed by atoms with van der Waals surface area (Å²) in [7, 11) is 4.37. The topological polar surface area (TPSA) is 101 Å². The fourth-order valence-corrected chi connectivity index (χ4v) is 4.73. The minimum absolute atomic E-state index is 0.172. The smallest absolute Gasteiger partial charge is 0.343 e. The number of para-hydroxylation sites is 2. The second-order valence-electron chi connectivity index (χ2n) is 8.78. The molecule has 0 spiro atoms. The van der Waals surface area contributed by atoms with Gasteiger partial charge in [-0.1, -0.05) is 47.5 Å². The average Bonchev–Trinajstić information content (AvgIpc) is 3.00. The molecule has 9 nitrogen and oxygen atoms in total. The fourth-order valence-electron chi connectivity index (χ4n) is 4.23. The molecule has 0 fully saturated rings. The van der Waals surface area contributed by atoms with Gasteiger partial charge in [0.05, 0.1) is 49.0 Å². The van der Waals surface area contributed by atoms with Crippen molar-refractivity contribution in [3.05, 3.63) is 110 Å². The highest BCUT2D eigenvalue weighted by atomic mass is 35.5. The second-order valence-corrected chi connectivity index (χ2v) is 9.62. The van der Waals surface area contributed by atoms with Crippen LogP contribution in [0, 0.1) is 0 Å². The summed E-state index contributed by atoms with van der Waals surface area (Å²) >= 11 is 12.6. The van der Waals surface area contributed by atoms with Crippen molar-refractivity contribution in [2.75, 3.05) is 21.3 Å². The van der Waals surface area contributed by atoms with E-state index in [4.69, 9.17) is 42.1 Å². The van der Waals surface area contributed by atoms with Crippen molar-refractivity contribution < 1.29 is 23.7 Å². The van der Waals surface area contributed by atoms with Crippen LogP contribution in [0.3, 0.4) is 0 Å². The highest BCUT2D eigenvalue weighted by Gasteiger charge is 2.20. The number of aromatic nitrogens is 2. The molecule has 42 heavy (non-hydrogen) atoms. The largest absolute Gasteiger partial charge is 0.493 e. The molecule has 0 saturated heterocycles. The van der Waals surface area contributed by atoms with Crippen molar-refractivity contribution in [1.82, 2.24) is 9.66 Å². The van der Waals surface area contributed by atoms with Crippen LogP contribution in [0.15, 0.2) is 88.8 Å². The van der Waals surface area contributed by atoms with Crippen molar-refractivity contribution in [1.29, 1.82) is 0 Å². The first kappa shape index (κ1) is 28.7. The Morgan fingerprint density at radius 3 is 2.24 bits per heavy atom. The molecule has 0 aliphatic rings. The Kier molecular flexibility index (Phi) is 8.42. The molecule has 0 bridgehead atoms. The number of hydrogen-bond donors (Lipinski definition) is 0. The van der Waals surface area contributed by atoms with E-state index in [1.165, 1.54) is 39.7 Å². The fraction of sp³-hybridized carbons (Fsp3) is 0.0968. The zero-order valence-electron chi connectivity index (χ0n) is 22.6. The lowest BCUT2D eigenvalue weighted by Gasteiger charge is -2.14. The molecular formula is C31H23Cl2N3O6. The lowest BCUT2D eigenvalue weighted by Crippen LogP contribution is -2.20. The monoisotopic (exact) mass is 603 g/mol. The van der Waals surface area contributed by atoms with Gasteiger partial charge in [-0.25, -0.2) is 9.78 Å². The van der Waals surface area contributed by atoms with Gasteiger partial charge >= 0.3 is 5.97 Å². The van der Waals surface area contributed by atoms with Crippen molar-refractivity contribution in [3.63, 3.8) is 0 Å². The van der Waals surface area contributed by atoms with Gasteiger partial charge in [-0.15, -0.1) is 0 Å². The Morgan fingerprint density at radius 1 is 0.857 bits per heavy atom. The molecule has 0 N–H and O–H groups in total. The first-order valence-corrected chi connectivity index (χ1v) is 13.2. The maximum atomic E-state index is 13.6. The van der Waals surface area contributed by atoms with Crippen LogP contribution in [0.2, 0.25) is 10.0 Å². The summed E-state index contributed by atoms with van der Waals surface area (Å²) in [5.74, 6) is 0.685. The lowest BCUT2D eigenvalue weighted by molar-refractivity contribution is 0.0733. The summed E-state index contributed by atoms with van der Waals surface area (Å²) < 4.78 is 22.9. The van der Waals surface area contributed by atoms with E-state index in [2.05, 4.69) is 10.1 Å². The maximum Gasteiger partial charge on any atom is 0.343 e. The molecule has 212 valence electrons. The first-order valence-electron chi connectivity index (χ1n) is 12.5.